The Balaban J connectivity index is 3.13. The molecule has 70 valence electrons. The van der Waals surface area contributed by atoms with Gasteiger partial charge in [-0.05, 0) is 52.8 Å². The fourth-order valence-corrected chi connectivity index (χ4v) is 3.06. The Labute approximate surface area is 98.6 Å². The third kappa shape index (κ3) is 2.95. The monoisotopic (exact) mass is 354 g/mol. The second kappa shape index (κ2) is 4.41. The second-order valence-electron chi connectivity index (χ2n) is 2.75. The van der Waals surface area contributed by atoms with Crippen molar-refractivity contribution >= 4 is 44.5 Å². The summed E-state index contributed by atoms with van der Waals surface area (Å²) in [7, 11) is 0. The van der Waals surface area contributed by atoms with Crippen LogP contribution in [0, 0.1) is 10.5 Å². The van der Waals surface area contributed by atoms with Crippen LogP contribution >= 0.6 is 38.5 Å². The standard InChI is InChI=1S/C9H8BrIO2/c1-5-2-6(10)3-8(11)7(5)4-9(12)13/h2-3H,4H2,1H3,(H,12,13). The molecule has 0 aromatic heterocycles. The molecule has 0 saturated heterocycles. The predicted octanol–water partition coefficient (Wildman–Crippen LogP) is 2.99. The van der Waals surface area contributed by atoms with Gasteiger partial charge in [-0.1, -0.05) is 15.9 Å². The molecule has 0 aliphatic carbocycles. The van der Waals surface area contributed by atoms with Gasteiger partial charge >= 0.3 is 5.97 Å². The molecule has 13 heavy (non-hydrogen) atoms. The lowest BCUT2D eigenvalue weighted by molar-refractivity contribution is -0.136. The van der Waals surface area contributed by atoms with E-state index in [-0.39, 0.29) is 6.42 Å². The molecule has 0 heterocycles. The van der Waals surface area contributed by atoms with E-state index in [4.69, 9.17) is 5.11 Å². The molecule has 0 amide bonds. The zero-order chi connectivity index (χ0) is 10.0. The third-order valence-electron chi connectivity index (χ3n) is 1.71. The van der Waals surface area contributed by atoms with E-state index in [1.165, 1.54) is 0 Å². The Kier molecular flexibility index (Phi) is 3.73. The number of carbonyl (C=O) groups is 1. The number of carboxylic acids is 1. The summed E-state index contributed by atoms with van der Waals surface area (Å²) in [4.78, 5) is 10.5. The van der Waals surface area contributed by atoms with Gasteiger partial charge in [0.25, 0.3) is 0 Å². The lowest BCUT2D eigenvalue weighted by Gasteiger charge is -2.06. The molecule has 0 bridgehead atoms. The first kappa shape index (κ1) is 11.0. The normalized spacial score (nSPS) is 10.1. The van der Waals surface area contributed by atoms with Crippen molar-refractivity contribution in [3.8, 4) is 0 Å². The lowest BCUT2D eigenvalue weighted by Crippen LogP contribution is -2.04. The van der Waals surface area contributed by atoms with Crippen LogP contribution in [0.1, 0.15) is 11.1 Å². The number of carboxylic acid groups (broad SMARTS) is 1. The minimum absolute atomic E-state index is 0.0946. The van der Waals surface area contributed by atoms with Crippen LogP contribution in [0.25, 0.3) is 0 Å². The molecular weight excluding hydrogens is 347 g/mol. The Morgan fingerprint density at radius 1 is 1.62 bits per heavy atom. The molecule has 4 heteroatoms. The molecular formula is C9H8BrIO2. The number of rotatable bonds is 2. The minimum atomic E-state index is -0.789. The molecule has 0 fully saturated rings. The summed E-state index contributed by atoms with van der Waals surface area (Å²) in [6.45, 7) is 1.92. The van der Waals surface area contributed by atoms with Crippen molar-refractivity contribution in [2.24, 2.45) is 0 Å². The quantitative estimate of drug-likeness (QED) is 0.829. The summed E-state index contributed by atoms with van der Waals surface area (Å²) in [5, 5.41) is 8.67. The van der Waals surface area contributed by atoms with Gasteiger partial charge < -0.3 is 5.11 Å². The highest BCUT2D eigenvalue weighted by Crippen LogP contribution is 2.22. The maximum Gasteiger partial charge on any atom is 0.307 e. The van der Waals surface area contributed by atoms with Crippen molar-refractivity contribution in [1.82, 2.24) is 0 Å². The average molecular weight is 355 g/mol. The Morgan fingerprint density at radius 2 is 2.23 bits per heavy atom. The minimum Gasteiger partial charge on any atom is -0.481 e. The van der Waals surface area contributed by atoms with Gasteiger partial charge in [0.15, 0.2) is 0 Å². The molecule has 0 aliphatic rings. The molecule has 0 spiro atoms. The van der Waals surface area contributed by atoms with E-state index in [1.54, 1.807) is 0 Å². The predicted molar refractivity (Wildman–Crippen MR) is 62.9 cm³/mol. The van der Waals surface area contributed by atoms with Gasteiger partial charge in [-0.3, -0.25) is 4.79 Å². The highest BCUT2D eigenvalue weighted by Gasteiger charge is 2.08. The van der Waals surface area contributed by atoms with Crippen molar-refractivity contribution in [1.29, 1.82) is 0 Å². The molecule has 0 unspecified atom stereocenters. The van der Waals surface area contributed by atoms with Gasteiger partial charge in [0, 0.05) is 8.04 Å². The molecule has 0 atom stereocenters. The van der Waals surface area contributed by atoms with E-state index in [1.807, 2.05) is 19.1 Å². The van der Waals surface area contributed by atoms with Gasteiger partial charge in [-0.15, -0.1) is 0 Å². The van der Waals surface area contributed by atoms with Gasteiger partial charge in [0.2, 0.25) is 0 Å². The molecule has 1 N–H and O–H groups in total. The summed E-state index contributed by atoms with van der Waals surface area (Å²) in [6.07, 6.45) is 0.0946. The summed E-state index contributed by atoms with van der Waals surface area (Å²) >= 11 is 5.51. The van der Waals surface area contributed by atoms with E-state index in [9.17, 15) is 4.79 Å². The van der Waals surface area contributed by atoms with E-state index in [0.717, 1.165) is 19.2 Å². The van der Waals surface area contributed by atoms with Crippen LogP contribution in [0.15, 0.2) is 16.6 Å². The van der Waals surface area contributed by atoms with E-state index < -0.39 is 5.97 Å². The first-order valence-electron chi connectivity index (χ1n) is 3.67. The van der Waals surface area contributed by atoms with Crippen LogP contribution in [0.3, 0.4) is 0 Å². The summed E-state index contributed by atoms with van der Waals surface area (Å²) in [5.74, 6) is -0.789. The van der Waals surface area contributed by atoms with Crippen LogP contribution in [-0.4, -0.2) is 11.1 Å². The van der Waals surface area contributed by atoms with E-state index in [2.05, 4.69) is 38.5 Å². The van der Waals surface area contributed by atoms with Gasteiger partial charge in [0.05, 0.1) is 6.42 Å². The molecule has 1 aromatic rings. The molecule has 2 nitrogen and oxygen atoms in total. The van der Waals surface area contributed by atoms with Crippen molar-refractivity contribution in [2.75, 3.05) is 0 Å². The second-order valence-corrected chi connectivity index (χ2v) is 4.83. The maximum atomic E-state index is 10.5. The zero-order valence-electron chi connectivity index (χ0n) is 6.97. The Morgan fingerprint density at radius 3 is 2.69 bits per heavy atom. The van der Waals surface area contributed by atoms with Crippen LogP contribution in [0.5, 0.6) is 0 Å². The number of aliphatic carboxylic acids is 1. The molecule has 0 saturated carbocycles. The van der Waals surface area contributed by atoms with Crippen LogP contribution in [0.4, 0.5) is 0 Å². The largest absolute Gasteiger partial charge is 0.481 e. The van der Waals surface area contributed by atoms with Crippen molar-refractivity contribution < 1.29 is 9.90 Å². The first-order valence-corrected chi connectivity index (χ1v) is 5.54. The van der Waals surface area contributed by atoms with Gasteiger partial charge in [-0.25, -0.2) is 0 Å². The summed E-state index contributed by atoms with van der Waals surface area (Å²) in [6, 6.07) is 3.85. The molecule has 0 radical (unpaired) electrons. The topological polar surface area (TPSA) is 37.3 Å². The number of halogens is 2. The number of benzene rings is 1. The van der Waals surface area contributed by atoms with E-state index in [0.29, 0.717) is 0 Å². The first-order chi connectivity index (χ1) is 6.00. The number of hydrogen-bond acceptors (Lipinski definition) is 1. The average Bonchev–Trinajstić information content (AvgIpc) is 1.96. The van der Waals surface area contributed by atoms with Crippen molar-refractivity contribution in [3.05, 3.63) is 31.3 Å². The van der Waals surface area contributed by atoms with Gasteiger partial charge in [0.1, 0.15) is 0 Å². The Bertz CT molecular complexity index is 326. The summed E-state index contributed by atoms with van der Waals surface area (Å²) < 4.78 is 1.98. The maximum absolute atomic E-state index is 10.5. The Hall–Kier alpha value is -0.100. The SMILES string of the molecule is Cc1cc(Br)cc(I)c1CC(=O)O. The molecule has 1 aromatic carbocycles. The molecule has 1 rings (SSSR count). The smallest absolute Gasteiger partial charge is 0.307 e. The zero-order valence-corrected chi connectivity index (χ0v) is 10.7. The fourth-order valence-electron chi connectivity index (χ4n) is 1.11. The van der Waals surface area contributed by atoms with E-state index >= 15 is 0 Å². The van der Waals surface area contributed by atoms with Crippen LogP contribution in [0.2, 0.25) is 0 Å². The lowest BCUT2D eigenvalue weighted by atomic mass is 10.1. The summed E-state index contributed by atoms with van der Waals surface area (Å²) in [5.41, 5.74) is 1.91. The number of aryl methyl sites for hydroxylation is 1. The third-order valence-corrected chi connectivity index (χ3v) is 3.13. The fraction of sp³-hybridized carbons (Fsp3) is 0.222. The van der Waals surface area contributed by atoms with Crippen molar-refractivity contribution in [2.45, 2.75) is 13.3 Å². The number of hydrogen-bond donors (Lipinski definition) is 1. The highest BCUT2D eigenvalue weighted by atomic mass is 127. The van der Waals surface area contributed by atoms with Crippen LogP contribution in [-0.2, 0) is 11.2 Å². The molecule has 0 aliphatic heterocycles. The highest BCUT2D eigenvalue weighted by molar-refractivity contribution is 14.1. The van der Waals surface area contributed by atoms with Gasteiger partial charge in [-0.2, -0.15) is 0 Å². The van der Waals surface area contributed by atoms with Crippen LogP contribution < -0.4 is 0 Å². The van der Waals surface area contributed by atoms with Crippen molar-refractivity contribution in [3.63, 3.8) is 0 Å².